The zero-order valence-corrected chi connectivity index (χ0v) is 10.9. The van der Waals surface area contributed by atoms with Crippen LogP contribution in [0.4, 0.5) is 0 Å². The number of nitrogens with two attached hydrogens (primary N) is 1. The Morgan fingerprint density at radius 1 is 1.33 bits per heavy atom. The third-order valence-corrected chi connectivity index (χ3v) is 4.37. The van der Waals surface area contributed by atoms with Crippen molar-refractivity contribution >= 4 is 11.9 Å². The second-order valence-electron chi connectivity index (χ2n) is 5.41. The van der Waals surface area contributed by atoms with Crippen molar-refractivity contribution in [2.24, 2.45) is 23.5 Å². The van der Waals surface area contributed by atoms with Gasteiger partial charge < -0.3 is 15.8 Å². The number of amides is 1. The largest absolute Gasteiger partial charge is 0.469 e. The fourth-order valence-corrected chi connectivity index (χ4v) is 3.39. The minimum Gasteiger partial charge on any atom is -0.469 e. The van der Waals surface area contributed by atoms with Crippen molar-refractivity contribution in [2.75, 3.05) is 13.7 Å². The number of hydrogen-bond acceptors (Lipinski definition) is 4. The third-order valence-electron chi connectivity index (χ3n) is 4.37. The highest BCUT2D eigenvalue weighted by Gasteiger charge is 2.48. The van der Waals surface area contributed by atoms with Gasteiger partial charge in [-0.1, -0.05) is 0 Å². The number of carbonyl (C=O) groups excluding carboxylic acids is 2. The minimum atomic E-state index is -0.235. The van der Waals surface area contributed by atoms with Gasteiger partial charge in [0.05, 0.1) is 13.0 Å². The lowest BCUT2D eigenvalue weighted by Gasteiger charge is -2.26. The first kappa shape index (κ1) is 13.3. The van der Waals surface area contributed by atoms with E-state index in [1.165, 1.54) is 13.5 Å². The Hall–Kier alpha value is -1.10. The van der Waals surface area contributed by atoms with Crippen molar-refractivity contribution < 1.29 is 14.3 Å². The maximum Gasteiger partial charge on any atom is 0.305 e. The van der Waals surface area contributed by atoms with Crippen LogP contribution in [-0.4, -0.2) is 31.6 Å². The molecule has 0 heterocycles. The molecule has 102 valence electrons. The van der Waals surface area contributed by atoms with Gasteiger partial charge in [0, 0.05) is 19.0 Å². The van der Waals surface area contributed by atoms with E-state index in [0.717, 1.165) is 12.8 Å². The number of hydrogen-bond donors (Lipinski definition) is 2. The van der Waals surface area contributed by atoms with Crippen LogP contribution >= 0.6 is 0 Å². The van der Waals surface area contributed by atoms with E-state index < -0.39 is 0 Å². The van der Waals surface area contributed by atoms with E-state index in [4.69, 9.17) is 5.73 Å². The standard InChI is InChI=1S/C13H22N2O3/c1-18-10(16)3-2-6-15-13(17)11-8-4-5-9(7-8)12(11)14/h8-9,11-12H,2-7,14H2,1H3,(H,15,17). The highest BCUT2D eigenvalue weighted by molar-refractivity contribution is 5.80. The first-order valence-electron chi connectivity index (χ1n) is 6.73. The summed E-state index contributed by atoms with van der Waals surface area (Å²) in [6.07, 6.45) is 4.39. The fraction of sp³-hybridized carbons (Fsp3) is 0.846. The molecule has 2 rings (SSSR count). The van der Waals surface area contributed by atoms with Crippen molar-refractivity contribution in [3.63, 3.8) is 0 Å². The maximum atomic E-state index is 12.1. The molecule has 18 heavy (non-hydrogen) atoms. The molecular formula is C13H22N2O3. The summed E-state index contributed by atoms with van der Waals surface area (Å²) in [5, 5.41) is 2.89. The van der Waals surface area contributed by atoms with Crippen LogP contribution in [0.1, 0.15) is 32.1 Å². The monoisotopic (exact) mass is 254 g/mol. The molecule has 0 spiro atoms. The molecule has 3 N–H and O–H groups in total. The number of carbonyl (C=O) groups is 2. The fourth-order valence-electron chi connectivity index (χ4n) is 3.39. The Morgan fingerprint density at radius 2 is 2.06 bits per heavy atom. The highest BCUT2D eigenvalue weighted by Crippen LogP contribution is 2.47. The summed E-state index contributed by atoms with van der Waals surface area (Å²) in [7, 11) is 1.37. The normalized spacial score (nSPS) is 33.4. The van der Waals surface area contributed by atoms with Crippen molar-refractivity contribution in [1.82, 2.24) is 5.32 Å². The lowest BCUT2D eigenvalue weighted by molar-refractivity contribution is -0.140. The Morgan fingerprint density at radius 3 is 2.67 bits per heavy atom. The topological polar surface area (TPSA) is 81.4 Å². The minimum absolute atomic E-state index is 0.0122. The summed E-state index contributed by atoms with van der Waals surface area (Å²) in [5.41, 5.74) is 6.10. The molecule has 0 aromatic heterocycles. The zero-order chi connectivity index (χ0) is 13.1. The highest BCUT2D eigenvalue weighted by atomic mass is 16.5. The lowest BCUT2D eigenvalue weighted by Crippen LogP contribution is -2.45. The van der Waals surface area contributed by atoms with E-state index >= 15 is 0 Å². The summed E-state index contributed by atoms with van der Waals surface area (Å²) in [6.45, 7) is 0.522. The summed E-state index contributed by atoms with van der Waals surface area (Å²) >= 11 is 0. The van der Waals surface area contributed by atoms with Crippen molar-refractivity contribution in [3.8, 4) is 0 Å². The smallest absolute Gasteiger partial charge is 0.305 e. The zero-order valence-electron chi connectivity index (χ0n) is 10.9. The van der Waals surface area contributed by atoms with Gasteiger partial charge in [-0.25, -0.2) is 0 Å². The van der Waals surface area contributed by atoms with Crippen LogP contribution in [-0.2, 0) is 14.3 Å². The molecular weight excluding hydrogens is 232 g/mol. The number of rotatable bonds is 5. The lowest BCUT2D eigenvalue weighted by atomic mass is 9.84. The quantitative estimate of drug-likeness (QED) is 0.550. The van der Waals surface area contributed by atoms with E-state index in [-0.39, 0.29) is 23.8 Å². The van der Waals surface area contributed by atoms with Crippen LogP contribution in [0.2, 0.25) is 0 Å². The predicted molar refractivity (Wildman–Crippen MR) is 66.6 cm³/mol. The molecule has 5 heteroatoms. The van der Waals surface area contributed by atoms with Gasteiger partial charge in [-0.2, -0.15) is 0 Å². The summed E-state index contributed by atoms with van der Waals surface area (Å²) < 4.78 is 4.54. The number of esters is 1. The van der Waals surface area contributed by atoms with Crippen LogP contribution in [0.25, 0.3) is 0 Å². The Bertz CT molecular complexity index is 330. The number of fused-ring (bicyclic) bond motifs is 2. The van der Waals surface area contributed by atoms with E-state index in [0.29, 0.717) is 31.2 Å². The number of nitrogens with one attached hydrogen (secondary N) is 1. The van der Waals surface area contributed by atoms with Crippen molar-refractivity contribution in [1.29, 1.82) is 0 Å². The average molecular weight is 254 g/mol. The molecule has 0 aromatic carbocycles. The van der Waals surface area contributed by atoms with Gasteiger partial charge in [0.25, 0.3) is 0 Å². The maximum absolute atomic E-state index is 12.1. The predicted octanol–water partition coefficient (Wildman–Crippen LogP) is 0.429. The van der Waals surface area contributed by atoms with Gasteiger partial charge in [-0.3, -0.25) is 9.59 Å². The first-order valence-corrected chi connectivity index (χ1v) is 6.73. The van der Waals surface area contributed by atoms with Crippen molar-refractivity contribution in [3.05, 3.63) is 0 Å². The molecule has 2 aliphatic carbocycles. The van der Waals surface area contributed by atoms with Gasteiger partial charge in [0.2, 0.25) is 5.91 Å². The molecule has 2 fully saturated rings. The molecule has 4 unspecified atom stereocenters. The van der Waals surface area contributed by atoms with Gasteiger partial charge in [0.1, 0.15) is 0 Å². The van der Waals surface area contributed by atoms with E-state index in [9.17, 15) is 9.59 Å². The van der Waals surface area contributed by atoms with Crippen LogP contribution < -0.4 is 11.1 Å². The summed E-state index contributed by atoms with van der Waals surface area (Å²) in [6, 6.07) is 0.0318. The van der Waals surface area contributed by atoms with Gasteiger partial charge in [0.15, 0.2) is 0 Å². The molecule has 2 bridgehead atoms. The summed E-state index contributed by atoms with van der Waals surface area (Å²) in [4.78, 5) is 23.0. The van der Waals surface area contributed by atoms with Crippen LogP contribution in [0.5, 0.6) is 0 Å². The number of ether oxygens (including phenoxy) is 1. The Balaban J connectivity index is 1.71. The molecule has 5 nitrogen and oxygen atoms in total. The van der Waals surface area contributed by atoms with Crippen LogP contribution in [0.3, 0.4) is 0 Å². The average Bonchev–Trinajstić information content (AvgIpc) is 2.94. The Labute approximate surface area is 107 Å². The number of methoxy groups -OCH3 is 1. The molecule has 4 atom stereocenters. The third kappa shape index (κ3) is 2.66. The Kier molecular flexibility index (Phi) is 4.22. The molecule has 0 aliphatic heterocycles. The second-order valence-corrected chi connectivity index (χ2v) is 5.41. The van der Waals surface area contributed by atoms with Crippen molar-refractivity contribution in [2.45, 2.75) is 38.1 Å². The molecule has 2 aliphatic rings. The van der Waals surface area contributed by atoms with Gasteiger partial charge in [-0.05, 0) is 37.5 Å². The molecule has 0 aromatic rings. The second kappa shape index (κ2) is 5.69. The molecule has 0 radical (unpaired) electrons. The molecule has 0 saturated heterocycles. The molecule has 1 amide bonds. The van der Waals surface area contributed by atoms with E-state index in [1.54, 1.807) is 0 Å². The SMILES string of the molecule is COC(=O)CCCNC(=O)C1C2CCC(C2)C1N. The summed E-state index contributed by atoms with van der Waals surface area (Å²) in [5.74, 6) is 0.841. The van der Waals surface area contributed by atoms with E-state index in [2.05, 4.69) is 10.1 Å². The van der Waals surface area contributed by atoms with E-state index in [1.807, 2.05) is 0 Å². The van der Waals surface area contributed by atoms with Gasteiger partial charge >= 0.3 is 5.97 Å². The van der Waals surface area contributed by atoms with Gasteiger partial charge in [-0.15, -0.1) is 0 Å². The first-order chi connectivity index (χ1) is 8.63. The van der Waals surface area contributed by atoms with Crippen LogP contribution in [0.15, 0.2) is 0 Å². The van der Waals surface area contributed by atoms with Crippen LogP contribution in [0, 0.1) is 17.8 Å². The molecule has 2 saturated carbocycles.